The Kier molecular flexibility index (Phi) is 7.37. The molecular formula is C31H34N4O4S2. The number of nitrogens with zero attached hydrogens (tertiary/aromatic N) is 4. The molecule has 0 radical (unpaired) electrons. The molecule has 0 spiro atoms. The summed E-state index contributed by atoms with van der Waals surface area (Å²) >= 11 is 1.58. The summed E-state index contributed by atoms with van der Waals surface area (Å²) in [6.07, 6.45) is 7.46. The highest BCUT2D eigenvalue weighted by Crippen LogP contribution is 2.51. The molecule has 2 aliphatic carbocycles. The Balaban J connectivity index is 1.36. The number of pyridine rings is 1. The second-order valence-corrected chi connectivity index (χ2v) is 15.1. The third-order valence-electron chi connectivity index (χ3n) is 8.96. The number of rotatable bonds is 7. The first-order chi connectivity index (χ1) is 19.7. The van der Waals surface area contributed by atoms with Crippen LogP contribution in [0.4, 0.5) is 5.69 Å². The average Bonchev–Trinajstić information content (AvgIpc) is 3.61. The van der Waals surface area contributed by atoms with E-state index in [0.717, 1.165) is 70.9 Å². The lowest BCUT2D eigenvalue weighted by Gasteiger charge is -2.31. The van der Waals surface area contributed by atoms with Crippen LogP contribution >= 0.6 is 11.3 Å². The maximum absolute atomic E-state index is 13.6. The van der Waals surface area contributed by atoms with Crippen LogP contribution in [0.1, 0.15) is 56.6 Å². The summed E-state index contributed by atoms with van der Waals surface area (Å²) in [4.78, 5) is 33.9. The quantitative estimate of drug-likeness (QED) is 0.383. The van der Waals surface area contributed by atoms with Gasteiger partial charge >= 0.3 is 0 Å². The van der Waals surface area contributed by atoms with Crippen LogP contribution in [0.2, 0.25) is 0 Å². The van der Waals surface area contributed by atoms with E-state index in [2.05, 4.69) is 23.1 Å². The Hall–Kier alpha value is -3.29. The van der Waals surface area contributed by atoms with Crippen molar-refractivity contribution in [2.75, 3.05) is 29.5 Å². The molecule has 214 valence electrons. The number of anilines is 1. The van der Waals surface area contributed by atoms with Crippen molar-refractivity contribution in [3.63, 3.8) is 0 Å². The molecule has 10 heteroatoms. The van der Waals surface area contributed by atoms with E-state index >= 15 is 0 Å². The van der Waals surface area contributed by atoms with Gasteiger partial charge in [-0.15, -0.1) is 11.3 Å². The smallest absolute Gasteiger partial charge is 0.250 e. The molecule has 41 heavy (non-hydrogen) atoms. The fourth-order valence-corrected chi connectivity index (χ4v) is 8.55. The van der Waals surface area contributed by atoms with Crippen molar-refractivity contribution in [3.8, 4) is 27.1 Å². The van der Waals surface area contributed by atoms with Crippen LogP contribution in [0.5, 0.6) is 0 Å². The Labute approximate surface area is 244 Å². The molecule has 2 aromatic heterocycles. The standard InChI is InChI=1S/C31H34N4O4S2/c1-34-19-22(8-11-27(34)37)30-33-28(25-5-3-2-4-24(25)26(36)18-31(20-32)12-13-31)29(40-30)21-6-9-23(10-7-21)35-14-16-41(38,39)17-15-35/h6-11,19,24-25H,2-5,12-18H2,1H3/t24-,25-/m1/s1. The third kappa shape index (κ3) is 5.75. The minimum Gasteiger partial charge on any atom is -0.369 e. The number of hydrogen-bond acceptors (Lipinski definition) is 8. The summed E-state index contributed by atoms with van der Waals surface area (Å²) in [5.41, 5.74) is 3.23. The number of benzene rings is 1. The summed E-state index contributed by atoms with van der Waals surface area (Å²) < 4.78 is 25.3. The predicted octanol–water partition coefficient (Wildman–Crippen LogP) is 4.95. The van der Waals surface area contributed by atoms with Crippen molar-refractivity contribution >= 4 is 32.6 Å². The fraction of sp³-hybridized carbons (Fsp3) is 0.484. The monoisotopic (exact) mass is 590 g/mol. The van der Waals surface area contributed by atoms with Gasteiger partial charge in [-0.2, -0.15) is 5.26 Å². The van der Waals surface area contributed by atoms with Crippen LogP contribution in [0.25, 0.3) is 21.0 Å². The van der Waals surface area contributed by atoms with Gasteiger partial charge in [0.1, 0.15) is 10.8 Å². The van der Waals surface area contributed by atoms with Gasteiger partial charge in [-0.25, -0.2) is 13.4 Å². The molecule has 2 atom stereocenters. The lowest BCUT2D eigenvalue weighted by atomic mass is 9.73. The SMILES string of the molecule is Cn1cc(-c2nc([C@@H]3CCCC[C@H]3C(=O)CC3(C#N)CC3)c(-c3ccc(N4CCS(=O)(=O)CC4)cc3)s2)ccc1=O. The molecule has 0 N–H and O–H groups in total. The zero-order valence-electron chi connectivity index (χ0n) is 23.2. The zero-order valence-corrected chi connectivity index (χ0v) is 24.8. The number of sulfone groups is 1. The van der Waals surface area contributed by atoms with Gasteiger partial charge in [0.25, 0.3) is 0 Å². The zero-order chi connectivity index (χ0) is 28.8. The van der Waals surface area contributed by atoms with E-state index in [-0.39, 0.29) is 34.7 Å². The molecule has 3 heterocycles. The van der Waals surface area contributed by atoms with Crippen LogP contribution in [-0.2, 0) is 21.7 Å². The van der Waals surface area contributed by atoms with Gasteiger partial charge in [0.15, 0.2) is 9.84 Å². The number of thiazole rings is 1. The van der Waals surface area contributed by atoms with Crippen molar-refractivity contribution in [3.05, 3.63) is 58.6 Å². The van der Waals surface area contributed by atoms with Gasteiger partial charge in [0.2, 0.25) is 5.56 Å². The molecule has 1 aromatic carbocycles. The van der Waals surface area contributed by atoms with Crippen molar-refractivity contribution < 1.29 is 13.2 Å². The van der Waals surface area contributed by atoms with Crippen LogP contribution in [0.3, 0.4) is 0 Å². The molecule has 2 saturated carbocycles. The number of Topliss-reactive ketones (excluding diaryl/α,β-unsaturated/α-hetero) is 1. The number of hydrogen-bond donors (Lipinski definition) is 0. The molecule has 8 nitrogen and oxygen atoms in total. The average molecular weight is 591 g/mol. The number of aryl methyl sites for hydroxylation is 1. The predicted molar refractivity (Wildman–Crippen MR) is 161 cm³/mol. The first-order valence-electron chi connectivity index (χ1n) is 14.3. The van der Waals surface area contributed by atoms with Crippen molar-refractivity contribution in [1.29, 1.82) is 5.26 Å². The fourth-order valence-electron chi connectivity index (χ4n) is 6.22. The number of aromatic nitrogens is 2. The molecule has 3 aromatic rings. The van der Waals surface area contributed by atoms with Gasteiger partial charge < -0.3 is 9.47 Å². The molecule has 1 aliphatic heterocycles. The Bertz CT molecular complexity index is 1670. The van der Waals surface area contributed by atoms with Crippen molar-refractivity contribution in [2.45, 2.75) is 50.9 Å². The van der Waals surface area contributed by atoms with Crippen LogP contribution in [-0.4, -0.2) is 48.3 Å². The van der Waals surface area contributed by atoms with E-state index in [0.29, 0.717) is 19.5 Å². The second kappa shape index (κ2) is 10.8. The van der Waals surface area contributed by atoms with E-state index in [1.165, 1.54) is 0 Å². The highest BCUT2D eigenvalue weighted by molar-refractivity contribution is 7.91. The molecule has 0 amide bonds. The van der Waals surface area contributed by atoms with Gasteiger partial charge in [-0.1, -0.05) is 25.0 Å². The summed E-state index contributed by atoms with van der Waals surface area (Å²) in [5.74, 6) is 0.344. The van der Waals surface area contributed by atoms with E-state index in [9.17, 15) is 23.3 Å². The maximum Gasteiger partial charge on any atom is 0.250 e. The van der Waals surface area contributed by atoms with E-state index in [1.807, 2.05) is 12.1 Å². The number of ketones is 1. The minimum atomic E-state index is -2.96. The first kappa shape index (κ1) is 27.9. The minimum absolute atomic E-state index is 0.0229. The normalized spacial score (nSPS) is 23.1. The second-order valence-electron chi connectivity index (χ2n) is 11.8. The molecular weight excluding hydrogens is 556 g/mol. The Morgan fingerprint density at radius 3 is 2.41 bits per heavy atom. The summed E-state index contributed by atoms with van der Waals surface area (Å²) in [5, 5.41) is 10.4. The maximum atomic E-state index is 13.6. The van der Waals surface area contributed by atoms with Crippen LogP contribution in [0.15, 0.2) is 47.4 Å². The number of carbonyl (C=O) groups is 1. The van der Waals surface area contributed by atoms with E-state index < -0.39 is 15.3 Å². The molecule has 3 fully saturated rings. The summed E-state index contributed by atoms with van der Waals surface area (Å²) in [6.45, 7) is 0.973. The van der Waals surface area contributed by atoms with Gasteiger partial charge in [-0.05, 0) is 49.4 Å². The molecule has 1 saturated heterocycles. The van der Waals surface area contributed by atoms with Crippen molar-refractivity contribution in [2.24, 2.45) is 18.4 Å². The van der Waals surface area contributed by atoms with Gasteiger partial charge in [0, 0.05) is 61.9 Å². The number of nitriles is 1. The number of carbonyl (C=O) groups excluding carboxylic acids is 1. The molecule has 3 aliphatic rings. The van der Waals surface area contributed by atoms with Crippen LogP contribution in [0, 0.1) is 22.7 Å². The summed E-state index contributed by atoms with van der Waals surface area (Å²) in [7, 11) is -1.23. The summed E-state index contributed by atoms with van der Waals surface area (Å²) in [6, 6.07) is 13.9. The van der Waals surface area contributed by atoms with Gasteiger partial charge in [0.05, 0.1) is 33.6 Å². The lowest BCUT2D eigenvalue weighted by Crippen LogP contribution is -2.40. The largest absolute Gasteiger partial charge is 0.369 e. The Morgan fingerprint density at radius 2 is 1.76 bits per heavy atom. The van der Waals surface area contributed by atoms with Crippen LogP contribution < -0.4 is 10.5 Å². The topological polar surface area (TPSA) is 113 Å². The lowest BCUT2D eigenvalue weighted by molar-refractivity contribution is -0.125. The van der Waals surface area contributed by atoms with Crippen molar-refractivity contribution in [1.82, 2.24) is 9.55 Å². The third-order valence-corrected chi connectivity index (χ3v) is 11.7. The van der Waals surface area contributed by atoms with E-state index in [4.69, 9.17) is 4.98 Å². The molecule has 6 rings (SSSR count). The highest BCUT2D eigenvalue weighted by atomic mass is 32.2. The first-order valence-corrected chi connectivity index (χ1v) is 17.0. The molecule has 0 bridgehead atoms. The van der Waals surface area contributed by atoms with E-state index in [1.54, 1.807) is 41.3 Å². The Morgan fingerprint density at radius 1 is 1.07 bits per heavy atom. The molecule has 0 unspecified atom stereocenters. The highest BCUT2D eigenvalue weighted by Gasteiger charge is 2.47. The van der Waals surface area contributed by atoms with Gasteiger partial charge in [-0.3, -0.25) is 9.59 Å².